The fraction of sp³-hybridized carbons (Fsp3) is 0.400. The van der Waals surface area contributed by atoms with E-state index in [0.717, 1.165) is 17.3 Å². The highest BCUT2D eigenvalue weighted by atomic mass is 16.2. The first kappa shape index (κ1) is 17.3. The second-order valence-electron chi connectivity index (χ2n) is 7.24. The highest BCUT2D eigenvalue weighted by Crippen LogP contribution is 2.35. The van der Waals surface area contributed by atoms with E-state index in [9.17, 15) is 19.6 Å². The number of rotatable bonds is 3. The number of amides is 2. The van der Waals surface area contributed by atoms with Crippen LogP contribution in [0.1, 0.15) is 31.2 Å². The van der Waals surface area contributed by atoms with Gasteiger partial charge in [0.2, 0.25) is 11.8 Å². The van der Waals surface area contributed by atoms with E-state index in [2.05, 4.69) is 5.32 Å². The molecule has 7 heteroatoms. The maximum Gasteiger partial charge on any atom is 0.270 e. The molecule has 1 aliphatic heterocycles. The number of aryl methyl sites for hydroxylation is 1. The lowest BCUT2D eigenvalue weighted by atomic mass is 9.79. The normalized spacial score (nSPS) is 21.8. The average Bonchev–Trinajstić information content (AvgIpc) is 3.07. The maximum atomic E-state index is 12.5. The van der Waals surface area contributed by atoms with Crippen molar-refractivity contribution in [1.82, 2.24) is 9.47 Å². The lowest BCUT2D eigenvalue weighted by Gasteiger charge is -2.37. The number of carbonyl (C=O) groups excluding carboxylic acids is 2. The Kier molecular flexibility index (Phi) is 4.19. The van der Waals surface area contributed by atoms with Crippen LogP contribution in [-0.4, -0.2) is 33.9 Å². The van der Waals surface area contributed by atoms with E-state index in [1.807, 2.05) is 30.3 Å². The largest absolute Gasteiger partial charge is 0.380 e. The van der Waals surface area contributed by atoms with E-state index in [4.69, 9.17) is 0 Å². The fourth-order valence-corrected chi connectivity index (χ4v) is 3.99. The lowest BCUT2D eigenvalue weighted by Crippen LogP contribution is -2.46. The molecule has 2 amide bonds. The van der Waals surface area contributed by atoms with Crippen molar-refractivity contribution in [2.45, 2.75) is 31.7 Å². The molecule has 0 bridgehead atoms. The van der Waals surface area contributed by atoms with Gasteiger partial charge in [0.25, 0.3) is 5.56 Å². The van der Waals surface area contributed by atoms with E-state index in [-0.39, 0.29) is 34.9 Å². The van der Waals surface area contributed by atoms with Gasteiger partial charge in [0.05, 0.1) is 11.2 Å². The third kappa shape index (κ3) is 2.78. The number of benzene rings is 1. The Morgan fingerprint density at radius 3 is 2.67 bits per heavy atom. The number of hydrogen-bond donors (Lipinski definition) is 1. The number of nitrogens with one attached hydrogen (secondary N) is 1. The Hall–Kier alpha value is -3.14. The van der Waals surface area contributed by atoms with Gasteiger partial charge >= 0.3 is 0 Å². The number of hydrogen-bond acceptors (Lipinski definition) is 5. The van der Waals surface area contributed by atoms with Gasteiger partial charge in [-0.05, 0) is 25.3 Å². The molecule has 1 aliphatic carbocycles. The van der Waals surface area contributed by atoms with Gasteiger partial charge in [-0.1, -0.05) is 18.2 Å². The number of para-hydroxylation sites is 1. The predicted molar refractivity (Wildman–Crippen MR) is 100.0 cm³/mol. The lowest BCUT2D eigenvalue weighted by molar-refractivity contribution is -0.146. The van der Waals surface area contributed by atoms with Crippen LogP contribution in [0.2, 0.25) is 0 Å². The summed E-state index contributed by atoms with van der Waals surface area (Å²) < 4.78 is 1.48. The molecule has 0 atom stereocenters. The molecule has 4 rings (SSSR count). The zero-order valence-corrected chi connectivity index (χ0v) is 15.1. The molecule has 2 aromatic rings. The summed E-state index contributed by atoms with van der Waals surface area (Å²) in [4.78, 5) is 38.1. The van der Waals surface area contributed by atoms with Crippen molar-refractivity contribution >= 4 is 28.4 Å². The summed E-state index contributed by atoms with van der Waals surface area (Å²) in [6.45, 7) is 0.518. The summed E-state index contributed by atoms with van der Waals surface area (Å²) in [5, 5.41) is 13.6. The van der Waals surface area contributed by atoms with Gasteiger partial charge in [-0.15, -0.1) is 0 Å². The number of carbonyl (C=O) groups is 2. The first-order valence-electron chi connectivity index (χ1n) is 9.14. The number of anilines is 1. The van der Waals surface area contributed by atoms with Crippen LogP contribution in [0.4, 0.5) is 5.69 Å². The van der Waals surface area contributed by atoms with Crippen molar-refractivity contribution < 1.29 is 9.59 Å². The van der Waals surface area contributed by atoms with E-state index >= 15 is 0 Å². The van der Waals surface area contributed by atoms with Gasteiger partial charge in [0, 0.05) is 37.4 Å². The Bertz CT molecular complexity index is 1040. The first-order valence-corrected chi connectivity index (χ1v) is 9.14. The molecule has 7 nitrogen and oxygen atoms in total. The molecule has 1 saturated heterocycles. The zero-order valence-electron chi connectivity index (χ0n) is 15.1. The molecule has 1 saturated carbocycles. The molecule has 138 valence electrons. The van der Waals surface area contributed by atoms with Crippen LogP contribution >= 0.6 is 0 Å². The van der Waals surface area contributed by atoms with E-state index < -0.39 is 0 Å². The van der Waals surface area contributed by atoms with Crippen LogP contribution in [0, 0.1) is 17.2 Å². The minimum atomic E-state index is -0.340. The van der Waals surface area contributed by atoms with Crippen molar-refractivity contribution in [3.05, 3.63) is 40.2 Å². The minimum Gasteiger partial charge on any atom is -0.380 e. The highest BCUT2D eigenvalue weighted by Gasteiger charge is 2.40. The fourth-order valence-electron chi connectivity index (χ4n) is 3.99. The van der Waals surface area contributed by atoms with Crippen LogP contribution in [0.25, 0.3) is 10.9 Å². The summed E-state index contributed by atoms with van der Waals surface area (Å²) in [6, 6.07) is 9.45. The quantitative estimate of drug-likeness (QED) is 0.837. The third-order valence-corrected chi connectivity index (χ3v) is 5.59. The number of pyridine rings is 1. The molecule has 2 heterocycles. The monoisotopic (exact) mass is 364 g/mol. The molecule has 0 radical (unpaired) electrons. The smallest absolute Gasteiger partial charge is 0.270 e. The molecular formula is C20H20N4O3. The standard InChI is InChI=1S/C20H20N4O3/c1-23-16-6-3-2-5-14(16)18(15(11-21)20(23)27)22-13-9-12(10-13)19(26)24-8-4-7-17(24)25/h2-3,5-6,12-13,22H,4,7-10H2,1H3. The average molecular weight is 364 g/mol. The first-order chi connectivity index (χ1) is 13.0. The Balaban J connectivity index is 1.56. The number of fused-ring (bicyclic) bond motifs is 1. The van der Waals surface area contributed by atoms with Gasteiger partial charge in [0.1, 0.15) is 11.6 Å². The molecule has 27 heavy (non-hydrogen) atoms. The summed E-state index contributed by atoms with van der Waals surface area (Å²) in [5.74, 6) is -0.349. The Morgan fingerprint density at radius 2 is 2.00 bits per heavy atom. The summed E-state index contributed by atoms with van der Waals surface area (Å²) in [7, 11) is 1.65. The van der Waals surface area contributed by atoms with Crippen molar-refractivity contribution in [3.8, 4) is 6.07 Å². The number of aromatic nitrogens is 1. The van der Waals surface area contributed by atoms with Gasteiger partial charge in [0.15, 0.2) is 0 Å². The third-order valence-electron chi connectivity index (χ3n) is 5.59. The molecule has 0 spiro atoms. The van der Waals surface area contributed by atoms with E-state index in [0.29, 0.717) is 31.5 Å². The molecule has 2 aliphatic rings. The zero-order chi connectivity index (χ0) is 19.1. The summed E-state index contributed by atoms with van der Waals surface area (Å²) >= 11 is 0. The van der Waals surface area contributed by atoms with Crippen LogP contribution in [0.5, 0.6) is 0 Å². The number of likely N-dealkylation sites (tertiary alicyclic amines) is 1. The minimum absolute atomic E-state index is 0.000678. The number of imide groups is 1. The second-order valence-corrected chi connectivity index (χ2v) is 7.24. The van der Waals surface area contributed by atoms with Crippen LogP contribution in [-0.2, 0) is 16.6 Å². The summed E-state index contributed by atoms with van der Waals surface area (Å²) in [6.07, 6.45) is 2.38. The molecule has 1 N–H and O–H groups in total. The second kappa shape index (κ2) is 6.54. The van der Waals surface area contributed by atoms with Crippen LogP contribution < -0.4 is 10.9 Å². The Morgan fingerprint density at radius 1 is 1.26 bits per heavy atom. The topological polar surface area (TPSA) is 95.2 Å². The van der Waals surface area contributed by atoms with Gasteiger partial charge in [-0.25, -0.2) is 0 Å². The number of nitrogens with zero attached hydrogens (tertiary/aromatic N) is 3. The highest BCUT2D eigenvalue weighted by molar-refractivity contribution is 5.98. The van der Waals surface area contributed by atoms with Crippen molar-refractivity contribution in [2.24, 2.45) is 13.0 Å². The van der Waals surface area contributed by atoms with E-state index in [1.165, 1.54) is 9.47 Å². The van der Waals surface area contributed by atoms with Gasteiger partial charge < -0.3 is 9.88 Å². The Labute approximate surface area is 156 Å². The number of nitriles is 1. The van der Waals surface area contributed by atoms with Crippen LogP contribution in [0.15, 0.2) is 29.1 Å². The maximum absolute atomic E-state index is 12.5. The molecule has 2 fully saturated rings. The summed E-state index contributed by atoms with van der Waals surface area (Å²) in [5.41, 5.74) is 1.02. The molecule has 1 aromatic carbocycles. The van der Waals surface area contributed by atoms with Crippen molar-refractivity contribution in [2.75, 3.05) is 11.9 Å². The van der Waals surface area contributed by atoms with Crippen molar-refractivity contribution in [1.29, 1.82) is 5.26 Å². The molecular weight excluding hydrogens is 344 g/mol. The van der Waals surface area contributed by atoms with Gasteiger partial charge in [-0.3, -0.25) is 19.3 Å². The SMILES string of the molecule is Cn1c(=O)c(C#N)c(NC2CC(C(=O)N3CCCC3=O)C2)c2ccccc21. The van der Waals surface area contributed by atoms with Crippen molar-refractivity contribution in [3.63, 3.8) is 0 Å². The van der Waals surface area contributed by atoms with Crippen LogP contribution in [0.3, 0.4) is 0 Å². The van der Waals surface area contributed by atoms with E-state index in [1.54, 1.807) is 7.05 Å². The predicted octanol–water partition coefficient (Wildman–Crippen LogP) is 1.75. The molecule has 1 aromatic heterocycles. The van der Waals surface area contributed by atoms with Gasteiger partial charge in [-0.2, -0.15) is 5.26 Å². The molecule has 0 unspecified atom stereocenters.